The van der Waals surface area contributed by atoms with Gasteiger partial charge in [0.2, 0.25) is 5.91 Å². The van der Waals surface area contributed by atoms with E-state index in [1.807, 2.05) is 13.8 Å². The Morgan fingerprint density at radius 2 is 1.84 bits per heavy atom. The fraction of sp³-hybridized carbons (Fsp3) is 0.429. The predicted molar refractivity (Wildman–Crippen MR) is 80.8 cm³/mol. The maximum Gasteiger partial charge on any atom is 0.237 e. The van der Waals surface area contributed by atoms with Crippen molar-refractivity contribution in [1.29, 1.82) is 0 Å². The maximum atomic E-state index is 12.4. The number of aliphatic hydroxyl groups is 1. The summed E-state index contributed by atoms with van der Waals surface area (Å²) in [7, 11) is 0. The van der Waals surface area contributed by atoms with Crippen LogP contribution in [0.3, 0.4) is 0 Å². The molecule has 0 bridgehead atoms. The van der Waals surface area contributed by atoms with Crippen LogP contribution in [0.4, 0.5) is 5.69 Å². The Labute approximate surface area is 119 Å². The summed E-state index contributed by atoms with van der Waals surface area (Å²) in [4.78, 5) is 12.6. The third-order valence-corrected chi connectivity index (χ3v) is 3.90. The third kappa shape index (κ3) is 3.30. The standard InChI is InChI=1S/C14H20N2O2S/c1-3-14(4-2,12(15)19)13(18)16-11-7-5-10(9-17)6-8-11/h5-8,17H,3-4,9H2,1-2H3,(H2,15,19)(H,16,18). The second-order valence-electron chi connectivity index (χ2n) is 4.46. The molecule has 0 aliphatic heterocycles. The van der Waals surface area contributed by atoms with Gasteiger partial charge in [-0.2, -0.15) is 0 Å². The first-order valence-electron chi connectivity index (χ1n) is 6.31. The van der Waals surface area contributed by atoms with E-state index >= 15 is 0 Å². The molecule has 0 aliphatic carbocycles. The minimum absolute atomic E-state index is 0.0189. The smallest absolute Gasteiger partial charge is 0.237 e. The molecule has 0 fully saturated rings. The average Bonchev–Trinajstić information content (AvgIpc) is 2.41. The SMILES string of the molecule is CCC(CC)(C(=O)Nc1ccc(CO)cc1)C(N)=S. The van der Waals surface area contributed by atoms with Crippen LogP contribution in [0.1, 0.15) is 32.3 Å². The molecule has 0 unspecified atom stereocenters. The highest BCUT2D eigenvalue weighted by atomic mass is 32.1. The van der Waals surface area contributed by atoms with Crippen LogP contribution in [0.15, 0.2) is 24.3 Å². The number of hydrogen-bond donors (Lipinski definition) is 3. The molecule has 0 spiro atoms. The highest BCUT2D eigenvalue weighted by molar-refractivity contribution is 7.80. The first-order chi connectivity index (χ1) is 9.00. The van der Waals surface area contributed by atoms with Crippen LogP contribution in [-0.4, -0.2) is 16.0 Å². The summed E-state index contributed by atoms with van der Waals surface area (Å²) < 4.78 is 0. The number of carbonyl (C=O) groups is 1. The highest BCUT2D eigenvalue weighted by Crippen LogP contribution is 2.28. The second-order valence-corrected chi connectivity index (χ2v) is 4.90. The number of thiocarbonyl (C=S) groups is 1. The van der Waals surface area contributed by atoms with E-state index < -0.39 is 5.41 Å². The summed E-state index contributed by atoms with van der Waals surface area (Å²) in [6.45, 7) is 3.78. The first-order valence-corrected chi connectivity index (χ1v) is 6.72. The Hall–Kier alpha value is -1.46. The molecule has 0 aliphatic rings. The van der Waals surface area contributed by atoms with Gasteiger partial charge < -0.3 is 16.2 Å². The van der Waals surface area contributed by atoms with Crippen LogP contribution in [0.2, 0.25) is 0 Å². The van der Waals surface area contributed by atoms with E-state index in [1.165, 1.54) is 0 Å². The maximum absolute atomic E-state index is 12.4. The lowest BCUT2D eigenvalue weighted by molar-refractivity contribution is -0.122. The van der Waals surface area contributed by atoms with Gasteiger partial charge in [-0.25, -0.2) is 0 Å². The number of aliphatic hydroxyl groups excluding tert-OH is 1. The normalized spacial score (nSPS) is 11.1. The lowest BCUT2D eigenvalue weighted by Gasteiger charge is -2.28. The summed E-state index contributed by atoms with van der Waals surface area (Å²) >= 11 is 5.04. The fourth-order valence-electron chi connectivity index (χ4n) is 1.98. The Kier molecular flexibility index (Phi) is 5.44. The zero-order valence-corrected chi connectivity index (χ0v) is 12.1. The van der Waals surface area contributed by atoms with Gasteiger partial charge in [0.1, 0.15) is 0 Å². The fourth-order valence-corrected chi connectivity index (χ4v) is 2.36. The summed E-state index contributed by atoms with van der Waals surface area (Å²) in [5, 5.41) is 11.8. The quantitative estimate of drug-likeness (QED) is 0.698. The van der Waals surface area contributed by atoms with Gasteiger partial charge in [0.05, 0.1) is 17.0 Å². The molecule has 4 nitrogen and oxygen atoms in total. The van der Waals surface area contributed by atoms with Crippen molar-refractivity contribution >= 4 is 28.8 Å². The van der Waals surface area contributed by atoms with Crippen molar-refractivity contribution in [1.82, 2.24) is 0 Å². The molecule has 104 valence electrons. The predicted octanol–water partition coefficient (Wildman–Crippen LogP) is 2.21. The van der Waals surface area contributed by atoms with Gasteiger partial charge in [0.15, 0.2) is 0 Å². The molecular weight excluding hydrogens is 260 g/mol. The molecule has 1 rings (SSSR count). The monoisotopic (exact) mass is 280 g/mol. The van der Waals surface area contributed by atoms with Crippen molar-refractivity contribution in [2.24, 2.45) is 11.1 Å². The molecule has 1 aromatic carbocycles. The molecule has 0 saturated carbocycles. The Morgan fingerprint density at radius 1 is 1.32 bits per heavy atom. The lowest BCUT2D eigenvalue weighted by atomic mass is 9.81. The highest BCUT2D eigenvalue weighted by Gasteiger charge is 2.38. The number of rotatable bonds is 6. The van der Waals surface area contributed by atoms with Gasteiger partial charge in [-0.1, -0.05) is 38.2 Å². The van der Waals surface area contributed by atoms with E-state index in [9.17, 15) is 4.79 Å². The van der Waals surface area contributed by atoms with Gasteiger partial charge in [0, 0.05) is 5.69 Å². The van der Waals surface area contributed by atoms with Crippen molar-refractivity contribution in [3.05, 3.63) is 29.8 Å². The molecule has 19 heavy (non-hydrogen) atoms. The minimum Gasteiger partial charge on any atom is -0.392 e. The summed E-state index contributed by atoms with van der Waals surface area (Å²) in [5.41, 5.74) is 6.40. The number of benzene rings is 1. The van der Waals surface area contributed by atoms with Crippen LogP contribution in [0.5, 0.6) is 0 Å². The van der Waals surface area contributed by atoms with E-state index in [-0.39, 0.29) is 17.5 Å². The Bertz CT molecular complexity index is 453. The van der Waals surface area contributed by atoms with Gasteiger partial charge >= 0.3 is 0 Å². The van der Waals surface area contributed by atoms with E-state index in [2.05, 4.69) is 5.32 Å². The first kappa shape index (κ1) is 15.6. The van der Waals surface area contributed by atoms with Crippen LogP contribution in [0.25, 0.3) is 0 Å². The topological polar surface area (TPSA) is 75.3 Å². The number of amides is 1. The van der Waals surface area contributed by atoms with E-state index in [0.717, 1.165) is 5.56 Å². The van der Waals surface area contributed by atoms with Gasteiger partial charge in [-0.3, -0.25) is 4.79 Å². The average molecular weight is 280 g/mol. The van der Waals surface area contributed by atoms with Gasteiger partial charge in [-0.05, 0) is 30.5 Å². The van der Waals surface area contributed by atoms with Crippen LogP contribution < -0.4 is 11.1 Å². The van der Waals surface area contributed by atoms with Crippen molar-refractivity contribution in [2.75, 3.05) is 5.32 Å². The van der Waals surface area contributed by atoms with E-state index in [4.69, 9.17) is 23.1 Å². The van der Waals surface area contributed by atoms with Crippen molar-refractivity contribution in [2.45, 2.75) is 33.3 Å². The van der Waals surface area contributed by atoms with Crippen molar-refractivity contribution in [3.8, 4) is 0 Å². The Balaban J connectivity index is 2.90. The number of carbonyl (C=O) groups excluding carboxylic acids is 1. The molecular formula is C14H20N2O2S. The zero-order valence-electron chi connectivity index (χ0n) is 11.3. The van der Waals surface area contributed by atoms with Crippen LogP contribution in [0, 0.1) is 5.41 Å². The molecule has 5 heteroatoms. The summed E-state index contributed by atoms with van der Waals surface area (Å²) in [6.07, 6.45) is 1.14. The van der Waals surface area contributed by atoms with Crippen molar-refractivity contribution in [3.63, 3.8) is 0 Å². The lowest BCUT2D eigenvalue weighted by Crippen LogP contribution is -2.45. The van der Waals surface area contributed by atoms with E-state index in [0.29, 0.717) is 18.5 Å². The Morgan fingerprint density at radius 3 is 2.21 bits per heavy atom. The van der Waals surface area contributed by atoms with Gasteiger partial charge in [-0.15, -0.1) is 0 Å². The minimum atomic E-state index is -0.801. The molecule has 0 heterocycles. The number of nitrogens with two attached hydrogens (primary N) is 1. The summed E-state index contributed by atoms with van der Waals surface area (Å²) in [6, 6.07) is 7.02. The molecule has 0 aromatic heterocycles. The number of anilines is 1. The van der Waals surface area contributed by atoms with Gasteiger partial charge in [0.25, 0.3) is 0 Å². The molecule has 0 radical (unpaired) electrons. The van der Waals surface area contributed by atoms with Crippen molar-refractivity contribution < 1.29 is 9.90 Å². The molecule has 0 saturated heterocycles. The zero-order chi connectivity index (χ0) is 14.5. The summed E-state index contributed by atoms with van der Waals surface area (Å²) in [5.74, 6) is -0.179. The number of nitrogens with one attached hydrogen (secondary N) is 1. The molecule has 1 aromatic rings. The largest absolute Gasteiger partial charge is 0.392 e. The second kappa shape index (κ2) is 6.63. The number of hydrogen-bond acceptors (Lipinski definition) is 3. The van der Waals surface area contributed by atoms with E-state index in [1.54, 1.807) is 24.3 Å². The van der Waals surface area contributed by atoms with Crippen LogP contribution >= 0.6 is 12.2 Å². The molecule has 4 N–H and O–H groups in total. The molecule has 0 atom stereocenters. The van der Waals surface area contributed by atoms with Crippen LogP contribution in [-0.2, 0) is 11.4 Å². The third-order valence-electron chi connectivity index (χ3n) is 3.51. The molecule has 1 amide bonds.